The molecule has 0 amide bonds. The lowest BCUT2D eigenvalue weighted by atomic mass is 9.70. The highest BCUT2D eigenvalue weighted by atomic mass is 16.4. The number of rotatable bonds is 3. The van der Waals surface area contributed by atoms with Gasteiger partial charge < -0.3 is 10.0 Å². The fourth-order valence-corrected chi connectivity index (χ4v) is 4.18. The van der Waals surface area contributed by atoms with Crippen LogP contribution in [0.5, 0.6) is 0 Å². The van der Waals surface area contributed by atoms with Gasteiger partial charge >= 0.3 is 5.97 Å². The van der Waals surface area contributed by atoms with Crippen LogP contribution < -0.4 is 0 Å². The van der Waals surface area contributed by atoms with Crippen molar-refractivity contribution in [2.75, 3.05) is 13.1 Å². The van der Waals surface area contributed by atoms with Crippen molar-refractivity contribution in [1.82, 2.24) is 4.90 Å². The topological polar surface area (TPSA) is 40.5 Å². The van der Waals surface area contributed by atoms with Crippen molar-refractivity contribution in [3.63, 3.8) is 0 Å². The number of carboxylic acid groups (broad SMARTS) is 1. The Labute approximate surface area is 111 Å². The monoisotopic (exact) mass is 253 g/mol. The average Bonchev–Trinajstić information content (AvgIpc) is 2.61. The Hall–Kier alpha value is -0.570. The number of hydrogen-bond donors (Lipinski definition) is 1. The second-order valence-corrected chi connectivity index (χ2v) is 7.31. The third-order valence-corrected chi connectivity index (χ3v) is 4.66. The van der Waals surface area contributed by atoms with Crippen molar-refractivity contribution in [3.05, 3.63) is 0 Å². The Bertz CT molecular complexity index is 314. The summed E-state index contributed by atoms with van der Waals surface area (Å²) >= 11 is 0. The van der Waals surface area contributed by atoms with E-state index in [0.717, 1.165) is 25.4 Å². The van der Waals surface area contributed by atoms with E-state index < -0.39 is 5.97 Å². The van der Waals surface area contributed by atoms with Crippen LogP contribution in [0.4, 0.5) is 0 Å². The smallest absolute Gasteiger partial charge is 0.303 e. The molecule has 1 saturated carbocycles. The predicted octanol–water partition coefficient (Wildman–Crippen LogP) is 3.00. The highest BCUT2D eigenvalue weighted by Gasteiger charge is 2.37. The SMILES string of the molecule is CC1CC(N2CCC(CC(=O)O)C2)CC(C)(C)C1. The molecule has 1 N–H and O–H groups in total. The second kappa shape index (κ2) is 5.20. The van der Waals surface area contributed by atoms with Gasteiger partial charge in [0.15, 0.2) is 0 Å². The van der Waals surface area contributed by atoms with Gasteiger partial charge in [-0.3, -0.25) is 4.79 Å². The number of likely N-dealkylation sites (tertiary alicyclic amines) is 1. The summed E-state index contributed by atoms with van der Waals surface area (Å²) in [7, 11) is 0. The molecule has 0 spiro atoms. The Morgan fingerprint density at radius 2 is 2.11 bits per heavy atom. The molecule has 1 aliphatic heterocycles. The molecule has 0 aromatic rings. The van der Waals surface area contributed by atoms with Crippen LogP contribution in [-0.2, 0) is 4.79 Å². The fourth-order valence-electron chi connectivity index (χ4n) is 4.18. The zero-order valence-corrected chi connectivity index (χ0v) is 12.0. The van der Waals surface area contributed by atoms with Crippen LogP contribution in [0.2, 0.25) is 0 Å². The molecule has 1 saturated heterocycles. The van der Waals surface area contributed by atoms with Gasteiger partial charge in [-0.05, 0) is 49.5 Å². The maximum Gasteiger partial charge on any atom is 0.303 e. The van der Waals surface area contributed by atoms with E-state index in [4.69, 9.17) is 5.11 Å². The molecule has 18 heavy (non-hydrogen) atoms. The van der Waals surface area contributed by atoms with Gasteiger partial charge in [-0.2, -0.15) is 0 Å². The summed E-state index contributed by atoms with van der Waals surface area (Å²) < 4.78 is 0. The fraction of sp³-hybridized carbons (Fsp3) is 0.933. The number of nitrogens with zero attached hydrogens (tertiary/aromatic N) is 1. The second-order valence-electron chi connectivity index (χ2n) is 7.31. The highest BCUT2D eigenvalue weighted by molar-refractivity contribution is 5.67. The van der Waals surface area contributed by atoms with Gasteiger partial charge in [0.05, 0.1) is 0 Å². The van der Waals surface area contributed by atoms with Crippen LogP contribution in [0, 0.1) is 17.3 Å². The standard InChI is InChI=1S/C15H27NO2/c1-11-6-13(9-15(2,3)8-11)16-5-4-12(10-16)7-14(17)18/h11-13H,4-10H2,1-3H3,(H,17,18). The molecule has 0 aromatic heterocycles. The van der Waals surface area contributed by atoms with Gasteiger partial charge in [0.25, 0.3) is 0 Å². The third kappa shape index (κ3) is 3.47. The normalized spacial score (nSPS) is 36.7. The van der Waals surface area contributed by atoms with E-state index in [1.54, 1.807) is 0 Å². The Kier molecular flexibility index (Phi) is 4.00. The molecule has 1 aliphatic carbocycles. The van der Waals surface area contributed by atoms with Crippen molar-refractivity contribution in [2.45, 2.75) is 58.9 Å². The minimum atomic E-state index is -0.640. The van der Waals surface area contributed by atoms with Crippen molar-refractivity contribution >= 4 is 5.97 Å². The molecule has 1 heterocycles. The van der Waals surface area contributed by atoms with E-state index in [2.05, 4.69) is 25.7 Å². The lowest BCUT2D eigenvalue weighted by Crippen LogP contribution is -2.42. The first-order chi connectivity index (χ1) is 8.35. The zero-order chi connectivity index (χ0) is 13.3. The summed E-state index contributed by atoms with van der Waals surface area (Å²) in [5.74, 6) is 0.541. The first-order valence-corrected chi connectivity index (χ1v) is 7.31. The minimum absolute atomic E-state index is 0.349. The zero-order valence-electron chi connectivity index (χ0n) is 12.0. The number of carboxylic acids is 1. The first kappa shape index (κ1) is 13.9. The Morgan fingerprint density at radius 1 is 1.39 bits per heavy atom. The predicted molar refractivity (Wildman–Crippen MR) is 72.5 cm³/mol. The Balaban J connectivity index is 1.90. The van der Waals surface area contributed by atoms with Gasteiger partial charge in [-0.25, -0.2) is 0 Å². The molecule has 2 fully saturated rings. The van der Waals surface area contributed by atoms with E-state index in [-0.39, 0.29) is 0 Å². The van der Waals surface area contributed by atoms with Crippen LogP contribution in [0.25, 0.3) is 0 Å². The lowest BCUT2D eigenvalue weighted by molar-refractivity contribution is -0.138. The molecule has 3 heteroatoms. The number of carbonyl (C=O) groups is 1. The summed E-state index contributed by atoms with van der Waals surface area (Å²) in [6, 6.07) is 0.683. The van der Waals surface area contributed by atoms with Crippen molar-refractivity contribution in [2.24, 2.45) is 17.3 Å². The maximum absolute atomic E-state index is 10.8. The van der Waals surface area contributed by atoms with Crippen molar-refractivity contribution in [3.8, 4) is 0 Å². The van der Waals surface area contributed by atoms with E-state index in [0.29, 0.717) is 23.8 Å². The summed E-state index contributed by atoms with van der Waals surface area (Å²) in [5.41, 5.74) is 0.452. The quantitative estimate of drug-likeness (QED) is 0.840. The van der Waals surface area contributed by atoms with E-state index in [9.17, 15) is 4.79 Å². The molecule has 0 radical (unpaired) electrons. The Morgan fingerprint density at radius 3 is 2.72 bits per heavy atom. The molecule has 3 unspecified atom stereocenters. The van der Waals surface area contributed by atoms with Crippen molar-refractivity contribution < 1.29 is 9.90 Å². The van der Waals surface area contributed by atoms with Crippen LogP contribution >= 0.6 is 0 Å². The van der Waals surface area contributed by atoms with Gasteiger partial charge in [-0.1, -0.05) is 20.8 Å². The lowest BCUT2D eigenvalue weighted by Gasteiger charge is -2.43. The molecular weight excluding hydrogens is 226 g/mol. The van der Waals surface area contributed by atoms with Gasteiger partial charge in [0.1, 0.15) is 0 Å². The average molecular weight is 253 g/mol. The molecule has 2 aliphatic rings. The van der Waals surface area contributed by atoms with E-state index >= 15 is 0 Å². The molecule has 3 atom stereocenters. The van der Waals surface area contributed by atoms with E-state index in [1.165, 1.54) is 19.3 Å². The van der Waals surface area contributed by atoms with Crippen LogP contribution in [-0.4, -0.2) is 35.1 Å². The number of hydrogen-bond acceptors (Lipinski definition) is 2. The molecular formula is C15H27NO2. The van der Waals surface area contributed by atoms with E-state index in [1.807, 2.05) is 0 Å². The number of aliphatic carboxylic acids is 1. The summed E-state index contributed by atoms with van der Waals surface area (Å²) in [6.07, 6.45) is 5.32. The summed E-state index contributed by atoms with van der Waals surface area (Å²) in [5, 5.41) is 8.88. The summed E-state index contributed by atoms with van der Waals surface area (Å²) in [6.45, 7) is 9.21. The van der Waals surface area contributed by atoms with Gasteiger partial charge in [-0.15, -0.1) is 0 Å². The minimum Gasteiger partial charge on any atom is -0.481 e. The molecule has 0 bridgehead atoms. The highest BCUT2D eigenvalue weighted by Crippen LogP contribution is 2.41. The van der Waals surface area contributed by atoms with Gasteiger partial charge in [0.2, 0.25) is 0 Å². The third-order valence-electron chi connectivity index (χ3n) is 4.66. The largest absolute Gasteiger partial charge is 0.481 e. The van der Waals surface area contributed by atoms with Crippen LogP contribution in [0.3, 0.4) is 0 Å². The van der Waals surface area contributed by atoms with Gasteiger partial charge in [0, 0.05) is 19.0 Å². The maximum atomic E-state index is 10.8. The molecule has 104 valence electrons. The molecule has 2 rings (SSSR count). The van der Waals surface area contributed by atoms with Crippen molar-refractivity contribution in [1.29, 1.82) is 0 Å². The molecule has 0 aromatic carbocycles. The summed E-state index contributed by atoms with van der Waals surface area (Å²) in [4.78, 5) is 13.3. The molecule has 3 nitrogen and oxygen atoms in total. The van der Waals surface area contributed by atoms with Crippen LogP contribution in [0.15, 0.2) is 0 Å². The first-order valence-electron chi connectivity index (χ1n) is 7.31. The van der Waals surface area contributed by atoms with Crippen LogP contribution in [0.1, 0.15) is 52.9 Å².